The summed E-state index contributed by atoms with van der Waals surface area (Å²) >= 11 is 0. The van der Waals surface area contributed by atoms with Gasteiger partial charge in [-0.3, -0.25) is 4.79 Å². The predicted molar refractivity (Wildman–Crippen MR) is 41.3 cm³/mol. The van der Waals surface area contributed by atoms with Crippen LogP contribution in [0.15, 0.2) is 0 Å². The van der Waals surface area contributed by atoms with Crippen molar-refractivity contribution in [3.05, 3.63) is 0 Å². The van der Waals surface area contributed by atoms with Crippen LogP contribution in [0.5, 0.6) is 0 Å². The predicted octanol–water partition coefficient (Wildman–Crippen LogP) is 0.0709. The minimum atomic E-state index is -0.950. The van der Waals surface area contributed by atoms with Gasteiger partial charge in [-0.2, -0.15) is 0 Å². The van der Waals surface area contributed by atoms with Gasteiger partial charge in [0.25, 0.3) is 0 Å². The van der Waals surface area contributed by atoms with Crippen LogP contribution in [-0.2, 0) is 9.53 Å². The zero-order valence-electron chi connectivity index (χ0n) is 6.91. The molecule has 2 atom stereocenters. The highest BCUT2D eigenvalue weighted by Gasteiger charge is 2.18. The Kier molecular flexibility index (Phi) is 4.81. The van der Waals surface area contributed by atoms with Gasteiger partial charge in [0.1, 0.15) is 6.04 Å². The second kappa shape index (κ2) is 5.09. The van der Waals surface area contributed by atoms with Gasteiger partial charge in [0.15, 0.2) is 0 Å². The van der Waals surface area contributed by atoms with Crippen LogP contribution < -0.4 is 5.73 Å². The lowest BCUT2D eigenvalue weighted by molar-refractivity contribution is -0.139. The Labute approximate surface area is 66.3 Å². The number of aliphatic carboxylic acids is 1. The van der Waals surface area contributed by atoms with E-state index in [1.165, 1.54) is 0 Å². The molecule has 0 aromatic heterocycles. The fraction of sp³-hybridized carbons (Fsp3) is 0.857. The Hall–Kier alpha value is -0.610. The molecule has 4 nitrogen and oxygen atoms in total. The van der Waals surface area contributed by atoms with E-state index >= 15 is 0 Å². The second-order valence-corrected chi connectivity index (χ2v) is 2.62. The van der Waals surface area contributed by atoms with Gasteiger partial charge in [-0.05, 0) is 12.3 Å². The van der Waals surface area contributed by atoms with Gasteiger partial charge < -0.3 is 15.6 Å². The van der Waals surface area contributed by atoms with Crippen LogP contribution in [0, 0.1) is 5.92 Å². The third kappa shape index (κ3) is 3.95. The minimum absolute atomic E-state index is 0.0348. The van der Waals surface area contributed by atoms with Gasteiger partial charge in [0, 0.05) is 13.7 Å². The molecule has 66 valence electrons. The first-order valence-corrected chi connectivity index (χ1v) is 3.57. The maximum absolute atomic E-state index is 10.3. The van der Waals surface area contributed by atoms with E-state index in [-0.39, 0.29) is 5.92 Å². The Morgan fingerprint density at radius 3 is 2.64 bits per heavy atom. The van der Waals surface area contributed by atoms with Crippen molar-refractivity contribution in [1.82, 2.24) is 0 Å². The highest BCUT2D eigenvalue weighted by atomic mass is 16.5. The normalized spacial score (nSPS) is 15.9. The molecule has 0 aliphatic rings. The summed E-state index contributed by atoms with van der Waals surface area (Å²) in [6.07, 6.45) is 0.684. The van der Waals surface area contributed by atoms with Crippen molar-refractivity contribution in [2.24, 2.45) is 11.7 Å². The molecule has 0 heterocycles. The number of rotatable bonds is 5. The fourth-order valence-electron chi connectivity index (χ4n) is 0.727. The minimum Gasteiger partial charge on any atom is -0.480 e. The van der Waals surface area contributed by atoms with Crippen molar-refractivity contribution in [3.63, 3.8) is 0 Å². The fourth-order valence-corrected chi connectivity index (χ4v) is 0.727. The Balaban J connectivity index is 3.63. The van der Waals surface area contributed by atoms with Crippen LogP contribution >= 0.6 is 0 Å². The van der Waals surface area contributed by atoms with Crippen molar-refractivity contribution in [2.75, 3.05) is 13.7 Å². The topological polar surface area (TPSA) is 72.5 Å². The summed E-state index contributed by atoms with van der Waals surface area (Å²) in [7, 11) is 1.58. The summed E-state index contributed by atoms with van der Waals surface area (Å²) in [5.74, 6) is -0.985. The van der Waals surface area contributed by atoms with Gasteiger partial charge in [0.2, 0.25) is 0 Å². The highest BCUT2D eigenvalue weighted by Crippen LogP contribution is 2.05. The number of nitrogens with two attached hydrogens (primary N) is 1. The van der Waals surface area contributed by atoms with Crippen molar-refractivity contribution >= 4 is 5.97 Å². The Bertz CT molecular complexity index is 127. The van der Waals surface area contributed by atoms with E-state index < -0.39 is 12.0 Å². The molecule has 4 heteroatoms. The molecule has 11 heavy (non-hydrogen) atoms. The average molecular weight is 161 g/mol. The Morgan fingerprint density at radius 2 is 2.27 bits per heavy atom. The summed E-state index contributed by atoms with van der Waals surface area (Å²) in [5.41, 5.74) is 5.35. The standard InChI is InChI=1S/C7H15NO3/c1-5(3-4-11-2)6(8)7(9)10/h5-6H,3-4,8H2,1-2H3,(H,9,10)/t5-,6+/m1/s1. The first-order chi connectivity index (χ1) is 5.09. The lowest BCUT2D eigenvalue weighted by Crippen LogP contribution is -2.37. The van der Waals surface area contributed by atoms with Gasteiger partial charge in [0.05, 0.1) is 0 Å². The van der Waals surface area contributed by atoms with E-state index in [1.807, 2.05) is 0 Å². The molecule has 0 bridgehead atoms. The molecular formula is C7H15NO3. The van der Waals surface area contributed by atoms with Crippen LogP contribution in [0.4, 0.5) is 0 Å². The summed E-state index contributed by atoms with van der Waals surface area (Å²) in [6.45, 7) is 2.36. The van der Waals surface area contributed by atoms with E-state index in [0.29, 0.717) is 13.0 Å². The van der Waals surface area contributed by atoms with Gasteiger partial charge in [-0.25, -0.2) is 0 Å². The number of carbonyl (C=O) groups is 1. The number of methoxy groups -OCH3 is 1. The number of hydrogen-bond acceptors (Lipinski definition) is 3. The largest absolute Gasteiger partial charge is 0.480 e. The summed E-state index contributed by atoms with van der Waals surface area (Å²) in [4.78, 5) is 10.3. The zero-order valence-corrected chi connectivity index (χ0v) is 6.91. The molecular weight excluding hydrogens is 146 g/mol. The molecule has 0 radical (unpaired) electrons. The quantitative estimate of drug-likeness (QED) is 0.598. The third-order valence-corrected chi connectivity index (χ3v) is 1.68. The SMILES string of the molecule is COCC[C@@H](C)[C@H](N)C(=O)O. The number of carboxylic acid groups (broad SMARTS) is 1. The molecule has 0 aromatic carbocycles. The molecule has 0 amide bonds. The van der Waals surface area contributed by atoms with Crippen LogP contribution in [0.2, 0.25) is 0 Å². The summed E-state index contributed by atoms with van der Waals surface area (Å²) in [6, 6.07) is -0.773. The second-order valence-electron chi connectivity index (χ2n) is 2.62. The molecule has 0 saturated heterocycles. The molecule has 3 N–H and O–H groups in total. The van der Waals surface area contributed by atoms with E-state index in [9.17, 15) is 4.79 Å². The van der Waals surface area contributed by atoms with Crippen LogP contribution in [0.1, 0.15) is 13.3 Å². The number of hydrogen-bond donors (Lipinski definition) is 2. The van der Waals surface area contributed by atoms with Crippen molar-refractivity contribution in [2.45, 2.75) is 19.4 Å². The maximum atomic E-state index is 10.3. The summed E-state index contributed by atoms with van der Waals surface area (Å²) < 4.78 is 4.79. The first-order valence-electron chi connectivity index (χ1n) is 3.57. The van der Waals surface area contributed by atoms with Gasteiger partial charge in [-0.15, -0.1) is 0 Å². The van der Waals surface area contributed by atoms with Crippen molar-refractivity contribution in [1.29, 1.82) is 0 Å². The molecule has 0 fully saturated rings. The van der Waals surface area contributed by atoms with Gasteiger partial charge in [-0.1, -0.05) is 6.92 Å². The first kappa shape index (κ1) is 10.4. The number of carboxylic acids is 1. The monoisotopic (exact) mass is 161 g/mol. The van der Waals surface area contributed by atoms with Crippen LogP contribution in [0.25, 0.3) is 0 Å². The van der Waals surface area contributed by atoms with Crippen molar-refractivity contribution in [3.8, 4) is 0 Å². The van der Waals surface area contributed by atoms with Crippen LogP contribution in [0.3, 0.4) is 0 Å². The molecule has 0 spiro atoms. The lowest BCUT2D eigenvalue weighted by atomic mass is 10.00. The lowest BCUT2D eigenvalue weighted by Gasteiger charge is -2.14. The average Bonchev–Trinajstić information content (AvgIpc) is 1.98. The number of ether oxygens (including phenoxy) is 1. The van der Waals surface area contributed by atoms with E-state index in [0.717, 1.165) is 0 Å². The smallest absolute Gasteiger partial charge is 0.320 e. The van der Waals surface area contributed by atoms with Crippen molar-refractivity contribution < 1.29 is 14.6 Å². The zero-order chi connectivity index (χ0) is 8.85. The summed E-state index contributed by atoms with van der Waals surface area (Å²) in [5, 5.41) is 8.49. The third-order valence-electron chi connectivity index (χ3n) is 1.68. The van der Waals surface area contributed by atoms with Gasteiger partial charge >= 0.3 is 5.97 Å². The molecule has 0 aliphatic heterocycles. The molecule has 0 aliphatic carbocycles. The maximum Gasteiger partial charge on any atom is 0.320 e. The highest BCUT2D eigenvalue weighted by molar-refractivity contribution is 5.73. The Morgan fingerprint density at radius 1 is 1.73 bits per heavy atom. The van der Waals surface area contributed by atoms with Crippen LogP contribution in [-0.4, -0.2) is 30.8 Å². The van der Waals surface area contributed by atoms with E-state index in [4.69, 9.17) is 15.6 Å². The molecule has 0 rings (SSSR count). The molecule has 0 aromatic rings. The van der Waals surface area contributed by atoms with E-state index in [1.54, 1.807) is 14.0 Å². The molecule has 0 unspecified atom stereocenters. The van der Waals surface area contributed by atoms with E-state index in [2.05, 4.69) is 0 Å². The molecule has 0 saturated carbocycles.